The molecule has 5 heteroatoms. The summed E-state index contributed by atoms with van der Waals surface area (Å²) in [6.45, 7) is 8.15. The zero-order chi connectivity index (χ0) is 14.1. The molecular weight excluding hydrogens is 242 g/mol. The first-order valence-electron chi connectivity index (χ1n) is 7.54. The second-order valence-corrected chi connectivity index (χ2v) is 5.63. The monoisotopic (exact) mass is 271 g/mol. The van der Waals surface area contributed by atoms with Crippen LogP contribution in [0, 0.1) is 5.92 Å². The Labute approximate surface area is 116 Å². The minimum absolute atomic E-state index is 0.181. The molecule has 5 nitrogen and oxygen atoms in total. The lowest BCUT2D eigenvalue weighted by molar-refractivity contribution is 0.0920. The molecule has 112 valence electrons. The summed E-state index contributed by atoms with van der Waals surface area (Å²) < 4.78 is 0. The summed E-state index contributed by atoms with van der Waals surface area (Å²) in [5, 5.41) is 15.4. The van der Waals surface area contributed by atoms with Crippen LogP contribution in [0.15, 0.2) is 0 Å². The highest BCUT2D eigenvalue weighted by Crippen LogP contribution is 2.15. The molecule has 1 atom stereocenters. The number of aliphatic hydroxyl groups excluding tert-OH is 1. The number of hydrogen-bond donors (Lipinski definition) is 3. The lowest BCUT2D eigenvalue weighted by atomic mass is 9.99. The van der Waals surface area contributed by atoms with Gasteiger partial charge in [0.2, 0.25) is 0 Å². The SMILES string of the molecule is CCCCNC(=O)NC[C@H](O)CN1CCC(C)CC1. The van der Waals surface area contributed by atoms with E-state index in [0.717, 1.165) is 31.8 Å². The van der Waals surface area contributed by atoms with E-state index in [1.165, 1.54) is 12.8 Å². The summed E-state index contributed by atoms with van der Waals surface area (Å²) in [6, 6.07) is -0.181. The number of likely N-dealkylation sites (tertiary alicyclic amines) is 1. The van der Waals surface area contributed by atoms with E-state index in [4.69, 9.17) is 0 Å². The van der Waals surface area contributed by atoms with Crippen LogP contribution >= 0.6 is 0 Å². The van der Waals surface area contributed by atoms with Crippen LogP contribution in [0.3, 0.4) is 0 Å². The number of nitrogens with one attached hydrogen (secondary N) is 2. The van der Waals surface area contributed by atoms with Crippen LogP contribution in [0.25, 0.3) is 0 Å². The third-order valence-electron chi connectivity index (χ3n) is 3.66. The number of carbonyl (C=O) groups is 1. The average Bonchev–Trinajstić information content (AvgIpc) is 2.39. The summed E-state index contributed by atoms with van der Waals surface area (Å²) in [5.41, 5.74) is 0. The molecule has 1 aliphatic heterocycles. The van der Waals surface area contributed by atoms with Crippen LogP contribution in [0.5, 0.6) is 0 Å². The van der Waals surface area contributed by atoms with E-state index >= 15 is 0 Å². The summed E-state index contributed by atoms with van der Waals surface area (Å²) >= 11 is 0. The van der Waals surface area contributed by atoms with Gasteiger partial charge in [-0.05, 0) is 38.3 Å². The molecule has 2 amide bonds. The molecule has 1 aliphatic rings. The van der Waals surface area contributed by atoms with Crippen LogP contribution in [-0.2, 0) is 0 Å². The van der Waals surface area contributed by atoms with Gasteiger partial charge in [-0.3, -0.25) is 0 Å². The molecular formula is C14H29N3O2. The summed E-state index contributed by atoms with van der Waals surface area (Å²) in [4.78, 5) is 13.7. The van der Waals surface area contributed by atoms with E-state index in [1.807, 2.05) is 0 Å². The fraction of sp³-hybridized carbons (Fsp3) is 0.929. The van der Waals surface area contributed by atoms with Crippen molar-refractivity contribution in [3.05, 3.63) is 0 Å². The molecule has 0 radical (unpaired) electrons. The van der Waals surface area contributed by atoms with E-state index < -0.39 is 6.10 Å². The fourth-order valence-corrected chi connectivity index (χ4v) is 2.26. The molecule has 1 rings (SSSR count). The molecule has 3 N–H and O–H groups in total. The zero-order valence-electron chi connectivity index (χ0n) is 12.3. The highest BCUT2D eigenvalue weighted by Gasteiger charge is 2.18. The normalized spacial score (nSPS) is 19.1. The van der Waals surface area contributed by atoms with Gasteiger partial charge in [0.05, 0.1) is 6.10 Å². The maximum atomic E-state index is 11.4. The van der Waals surface area contributed by atoms with Gasteiger partial charge in [-0.1, -0.05) is 20.3 Å². The number of hydrogen-bond acceptors (Lipinski definition) is 3. The van der Waals surface area contributed by atoms with Crippen molar-refractivity contribution in [3.63, 3.8) is 0 Å². The third kappa shape index (κ3) is 7.38. The molecule has 0 bridgehead atoms. The largest absolute Gasteiger partial charge is 0.390 e. The van der Waals surface area contributed by atoms with E-state index in [1.54, 1.807) is 0 Å². The Morgan fingerprint density at radius 1 is 1.37 bits per heavy atom. The molecule has 1 fully saturated rings. The second kappa shape index (κ2) is 9.15. The fourth-order valence-electron chi connectivity index (χ4n) is 2.26. The molecule has 0 aromatic heterocycles. The standard InChI is InChI=1S/C14H29N3O2/c1-3-4-7-15-14(19)16-10-13(18)11-17-8-5-12(2)6-9-17/h12-13,18H,3-11H2,1-2H3,(H2,15,16,19)/t13-/m0/s1. The number of rotatable bonds is 7. The van der Waals surface area contributed by atoms with Crippen LogP contribution in [-0.4, -0.2) is 54.9 Å². The molecule has 0 spiro atoms. The van der Waals surface area contributed by atoms with E-state index in [0.29, 0.717) is 19.6 Å². The van der Waals surface area contributed by atoms with Gasteiger partial charge in [0.1, 0.15) is 0 Å². The van der Waals surface area contributed by atoms with E-state index in [2.05, 4.69) is 29.4 Å². The van der Waals surface area contributed by atoms with Crippen LogP contribution in [0.2, 0.25) is 0 Å². The van der Waals surface area contributed by atoms with Crippen molar-refractivity contribution in [2.24, 2.45) is 5.92 Å². The van der Waals surface area contributed by atoms with Crippen LogP contribution in [0.4, 0.5) is 4.79 Å². The van der Waals surface area contributed by atoms with Crippen molar-refractivity contribution in [1.29, 1.82) is 0 Å². The van der Waals surface area contributed by atoms with Crippen LogP contribution in [0.1, 0.15) is 39.5 Å². The van der Waals surface area contributed by atoms with Crippen molar-refractivity contribution >= 4 is 6.03 Å². The van der Waals surface area contributed by atoms with Gasteiger partial charge in [-0.2, -0.15) is 0 Å². The van der Waals surface area contributed by atoms with Gasteiger partial charge in [-0.15, -0.1) is 0 Å². The average molecular weight is 271 g/mol. The van der Waals surface area contributed by atoms with Crippen molar-refractivity contribution in [2.75, 3.05) is 32.7 Å². The van der Waals surface area contributed by atoms with Crippen molar-refractivity contribution in [3.8, 4) is 0 Å². The molecule has 1 saturated heterocycles. The van der Waals surface area contributed by atoms with Crippen molar-refractivity contribution in [1.82, 2.24) is 15.5 Å². The Bertz CT molecular complexity index is 253. The van der Waals surface area contributed by atoms with Crippen molar-refractivity contribution in [2.45, 2.75) is 45.6 Å². The number of aliphatic hydroxyl groups is 1. The molecule has 0 aromatic carbocycles. The summed E-state index contributed by atoms with van der Waals surface area (Å²) in [6.07, 6.45) is 3.98. The van der Waals surface area contributed by atoms with Gasteiger partial charge in [0.15, 0.2) is 0 Å². The molecule has 1 heterocycles. The predicted octanol–water partition coefficient (Wildman–Crippen LogP) is 1.18. The van der Waals surface area contributed by atoms with Crippen molar-refractivity contribution < 1.29 is 9.90 Å². The Hall–Kier alpha value is -0.810. The van der Waals surface area contributed by atoms with Gasteiger partial charge in [0.25, 0.3) is 0 Å². The van der Waals surface area contributed by atoms with Gasteiger partial charge in [-0.25, -0.2) is 4.79 Å². The maximum Gasteiger partial charge on any atom is 0.314 e. The number of urea groups is 1. The Kier molecular flexibility index (Phi) is 7.82. The first-order valence-corrected chi connectivity index (χ1v) is 7.54. The summed E-state index contributed by atoms with van der Waals surface area (Å²) in [5.74, 6) is 0.802. The smallest absolute Gasteiger partial charge is 0.314 e. The number of nitrogens with zero attached hydrogens (tertiary/aromatic N) is 1. The quantitative estimate of drug-likeness (QED) is 0.609. The number of unbranched alkanes of at least 4 members (excludes halogenated alkanes) is 1. The Morgan fingerprint density at radius 2 is 2.05 bits per heavy atom. The third-order valence-corrected chi connectivity index (χ3v) is 3.66. The Morgan fingerprint density at radius 3 is 2.68 bits per heavy atom. The first-order chi connectivity index (χ1) is 9.11. The zero-order valence-corrected chi connectivity index (χ0v) is 12.3. The highest BCUT2D eigenvalue weighted by molar-refractivity contribution is 5.73. The highest BCUT2D eigenvalue weighted by atomic mass is 16.3. The number of β-amino-alcohol motifs (C(OH)–C–C–N with tert-alkyl or cyclic N) is 1. The Balaban J connectivity index is 2.07. The molecule has 0 unspecified atom stereocenters. The minimum atomic E-state index is -0.481. The molecule has 0 saturated carbocycles. The van der Waals surface area contributed by atoms with Gasteiger partial charge < -0.3 is 20.6 Å². The summed E-state index contributed by atoms with van der Waals surface area (Å²) in [7, 11) is 0. The number of carbonyl (C=O) groups excluding carboxylic acids is 1. The van der Waals surface area contributed by atoms with E-state index in [-0.39, 0.29) is 6.03 Å². The molecule has 0 aliphatic carbocycles. The van der Waals surface area contributed by atoms with E-state index in [9.17, 15) is 9.90 Å². The first kappa shape index (κ1) is 16.2. The molecule has 0 aromatic rings. The lowest BCUT2D eigenvalue weighted by Crippen LogP contribution is -2.45. The van der Waals surface area contributed by atoms with Gasteiger partial charge >= 0.3 is 6.03 Å². The lowest BCUT2D eigenvalue weighted by Gasteiger charge is -2.31. The molecule has 19 heavy (non-hydrogen) atoms. The number of piperidine rings is 1. The topological polar surface area (TPSA) is 64.6 Å². The number of amides is 2. The second-order valence-electron chi connectivity index (χ2n) is 5.63. The van der Waals surface area contributed by atoms with Gasteiger partial charge in [0, 0.05) is 19.6 Å². The minimum Gasteiger partial charge on any atom is -0.390 e. The van der Waals surface area contributed by atoms with Crippen LogP contribution < -0.4 is 10.6 Å². The maximum absolute atomic E-state index is 11.4. The predicted molar refractivity (Wildman–Crippen MR) is 77.2 cm³/mol.